The van der Waals surface area contributed by atoms with Crippen LogP contribution < -0.4 is 16.0 Å². The maximum absolute atomic E-state index is 12.5. The van der Waals surface area contributed by atoms with Crippen LogP contribution in [0.1, 0.15) is 56.9 Å². The molecule has 1 aliphatic carbocycles. The molecule has 160 valence electrons. The Morgan fingerprint density at radius 2 is 1.83 bits per heavy atom. The van der Waals surface area contributed by atoms with Gasteiger partial charge in [-0.1, -0.05) is 37.8 Å². The van der Waals surface area contributed by atoms with Crippen LogP contribution in [0.5, 0.6) is 0 Å². The first kappa shape index (κ1) is 21.6. The quantitative estimate of drug-likeness (QED) is 0.486. The van der Waals surface area contributed by atoms with Gasteiger partial charge in [0.25, 0.3) is 0 Å². The van der Waals surface area contributed by atoms with Gasteiger partial charge in [0, 0.05) is 38.3 Å². The van der Waals surface area contributed by atoms with Crippen molar-refractivity contribution in [1.82, 2.24) is 15.5 Å². The van der Waals surface area contributed by atoms with Crippen LogP contribution in [0.3, 0.4) is 0 Å². The Hall–Kier alpha value is -2.08. The van der Waals surface area contributed by atoms with E-state index < -0.39 is 0 Å². The third-order valence-electron chi connectivity index (χ3n) is 6.02. The molecule has 1 aliphatic heterocycles. The minimum absolute atomic E-state index is 0.171. The van der Waals surface area contributed by atoms with Crippen molar-refractivity contribution in [2.45, 2.75) is 57.9 Å². The SMILES string of the molecule is CN=C(NCCN1CCCCC1)NCc1cccc(NC(=O)C2CCCCC2)c1. The highest BCUT2D eigenvalue weighted by molar-refractivity contribution is 5.92. The van der Waals surface area contributed by atoms with Crippen molar-refractivity contribution in [3.05, 3.63) is 29.8 Å². The fourth-order valence-electron chi connectivity index (χ4n) is 4.29. The summed E-state index contributed by atoms with van der Waals surface area (Å²) >= 11 is 0. The number of rotatable bonds is 7. The molecule has 1 heterocycles. The molecule has 0 aromatic heterocycles. The van der Waals surface area contributed by atoms with Gasteiger partial charge in [0.05, 0.1) is 0 Å². The lowest BCUT2D eigenvalue weighted by molar-refractivity contribution is -0.120. The van der Waals surface area contributed by atoms with Crippen molar-refractivity contribution in [3.63, 3.8) is 0 Å². The maximum atomic E-state index is 12.5. The summed E-state index contributed by atoms with van der Waals surface area (Å²) in [5.41, 5.74) is 2.01. The number of anilines is 1. The second-order valence-electron chi connectivity index (χ2n) is 8.28. The number of piperidine rings is 1. The molecule has 3 N–H and O–H groups in total. The first-order valence-corrected chi connectivity index (χ1v) is 11.3. The number of hydrogen-bond acceptors (Lipinski definition) is 3. The molecule has 2 fully saturated rings. The summed E-state index contributed by atoms with van der Waals surface area (Å²) in [4.78, 5) is 19.3. The third-order valence-corrected chi connectivity index (χ3v) is 6.02. The number of nitrogens with zero attached hydrogens (tertiary/aromatic N) is 2. The molecule has 1 aromatic carbocycles. The first-order valence-electron chi connectivity index (χ1n) is 11.3. The Bertz CT molecular complexity index is 663. The summed E-state index contributed by atoms with van der Waals surface area (Å²) in [7, 11) is 1.80. The Kier molecular flexibility index (Phi) is 8.81. The zero-order chi connectivity index (χ0) is 20.3. The summed E-state index contributed by atoms with van der Waals surface area (Å²) in [6, 6.07) is 8.09. The fraction of sp³-hybridized carbons (Fsp3) is 0.652. The van der Waals surface area contributed by atoms with Crippen molar-refractivity contribution in [1.29, 1.82) is 0 Å². The van der Waals surface area contributed by atoms with Crippen molar-refractivity contribution in [2.75, 3.05) is 38.5 Å². The number of benzene rings is 1. The standard InChI is InChI=1S/C23H37N5O/c1-24-23(25-13-16-28-14-6-3-7-15-28)26-18-19-9-8-12-21(17-19)27-22(29)20-10-4-2-5-11-20/h8-9,12,17,20H,2-7,10-11,13-16,18H2,1H3,(H,27,29)(H2,24,25,26). The lowest BCUT2D eigenvalue weighted by Gasteiger charge is -2.26. The number of guanidine groups is 1. The summed E-state index contributed by atoms with van der Waals surface area (Å²) in [6.07, 6.45) is 9.66. The number of likely N-dealkylation sites (tertiary alicyclic amines) is 1. The molecule has 1 saturated heterocycles. The molecule has 1 amide bonds. The third kappa shape index (κ3) is 7.35. The van der Waals surface area contributed by atoms with E-state index >= 15 is 0 Å². The largest absolute Gasteiger partial charge is 0.355 e. The fourth-order valence-corrected chi connectivity index (χ4v) is 4.29. The summed E-state index contributed by atoms with van der Waals surface area (Å²) in [6.45, 7) is 5.07. The summed E-state index contributed by atoms with van der Waals surface area (Å²) in [5.74, 6) is 1.16. The van der Waals surface area contributed by atoms with E-state index in [9.17, 15) is 4.79 Å². The average Bonchev–Trinajstić information content (AvgIpc) is 2.77. The van der Waals surface area contributed by atoms with Gasteiger partial charge < -0.3 is 20.9 Å². The minimum atomic E-state index is 0.171. The van der Waals surface area contributed by atoms with Crippen molar-refractivity contribution in [2.24, 2.45) is 10.9 Å². The lowest BCUT2D eigenvalue weighted by Crippen LogP contribution is -2.42. The maximum Gasteiger partial charge on any atom is 0.227 e. The van der Waals surface area contributed by atoms with E-state index in [4.69, 9.17) is 0 Å². The van der Waals surface area contributed by atoms with Crippen molar-refractivity contribution >= 4 is 17.6 Å². The summed E-state index contributed by atoms with van der Waals surface area (Å²) in [5, 5.41) is 9.89. The Morgan fingerprint density at radius 1 is 1.07 bits per heavy atom. The van der Waals surface area contributed by atoms with Gasteiger partial charge in [-0.3, -0.25) is 9.79 Å². The van der Waals surface area contributed by atoms with E-state index in [1.165, 1.54) is 51.6 Å². The van der Waals surface area contributed by atoms with E-state index in [1.54, 1.807) is 7.05 Å². The zero-order valence-electron chi connectivity index (χ0n) is 17.9. The van der Waals surface area contributed by atoms with Gasteiger partial charge in [0.1, 0.15) is 0 Å². The number of amides is 1. The van der Waals surface area contributed by atoms with Gasteiger partial charge in [-0.2, -0.15) is 0 Å². The molecule has 6 heteroatoms. The number of nitrogens with one attached hydrogen (secondary N) is 3. The van der Waals surface area contributed by atoms with Crippen LogP contribution in [0.15, 0.2) is 29.3 Å². The number of aliphatic imine (C=N–C) groups is 1. The van der Waals surface area contributed by atoms with E-state index in [0.29, 0.717) is 6.54 Å². The van der Waals surface area contributed by atoms with Crippen molar-refractivity contribution in [3.8, 4) is 0 Å². The molecule has 0 unspecified atom stereocenters. The molecule has 0 bridgehead atoms. The van der Waals surface area contributed by atoms with Crippen LogP contribution in [0, 0.1) is 5.92 Å². The number of carbonyl (C=O) groups is 1. The summed E-state index contributed by atoms with van der Waals surface area (Å²) < 4.78 is 0. The molecule has 2 aliphatic rings. The van der Waals surface area contributed by atoms with E-state index in [-0.39, 0.29) is 11.8 Å². The highest BCUT2D eigenvalue weighted by atomic mass is 16.1. The lowest BCUT2D eigenvalue weighted by atomic mass is 9.88. The monoisotopic (exact) mass is 399 g/mol. The van der Waals surface area contributed by atoms with E-state index in [2.05, 4.69) is 38.0 Å². The highest BCUT2D eigenvalue weighted by Crippen LogP contribution is 2.25. The van der Waals surface area contributed by atoms with Crippen LogP contribution in [0.25, 0.3) is 0 Å². The first-order chi connectivity index (χ1) is 14.2. The van der Waals surface area contributed by atoms with Gasteiger partial charge in [-0.05, 0) is 56.5 Å². The molecule has 6 nitrogen and oxygen atoms in total. The molecule has 1 saturated carbocycles. The Labute approximate surface area is 175 Å². The Morgan fingerprint density at radius 3 is 2.59 bits per heavy atom. The van der Waals surface area contributed by atoms with Gasteiger partial charge in [-0.15, -0.1) is 0 Å². The molecular weight excluding hydrogens is 362 g/mol. The molecule has 29 heavy (non-hydrogen) atoms. The van der Waals surface area contributed by atoms with Crippen molar-refractivity contribution < 1.29 is 4.79 Å². The van der Waals surface area contributed by atoms with Gasteiger partial charge in [-0.25, -0.2) is 0 Å². The zero-order valence-corrected chi connectivity index (χ0v) is 17.9. The van der Waals surface area contributed by atoms with Gasteiger partial charge in [0.15, 0.2) is 5.96 Å². The topological polar surface area (TPSA) is 68.8 Å². The number of hydrogen-bond donors (Lipinski definition) is 3. The molecule has 0 radical (unpaired) electrons. The molecular formula is C23H37N5O. The second kappa shape index (κ2) is 11.8. The molecule has 0 atom stereocenters. The van der Waals surface area contributed by atoms with Crippen LogP contribution >= 0.6 is 0 Å². The van der Waals surface area contributed by atoms with E-state index in [0.717, 1.165) is 43.1 Å². The molecule has 0 spiro atoms. The van der Waals surface area contributed by atoms with E-state index in [1.807, 2.05) is 12.1 Å². The van der Waals surface area contributed by atoms with Crippen LogP contribution in [0.2, 0.25) is 0 Å². The number of carbonyl (C=O) groups excluding carboxylic acids is 1. The average molecular weight is 400 g/mol. The highest BCUT2D eigenvalue weighted by Gasteiger charge is 2.21. The van der Waals surface area contributed by atoms with Gasteiger partial charge >= 0.3 is 0 Å². The van der Waals surface area contributed by atoms with Gasteiger partial charge in [0.2, 0.25) is 5.91 Å². The minimum Gasteiger partial charge on any atom is -0.355 e. The van der Waals surface area contributed by atoms with Crippen LogP contribution in [-0.4, -0.2) is 50.0 Å². The predicted octanol–water partition coefficient (Wildman–Crippen LogP) is 3.36. The molecule has 3 rings (SSSR count). The smallest absolute Gasteiger partial charge is 0.227 e. The Balaban J connectivity index is 1.41. The predicted molar refractivity (Wildman–Crippen MR) is 120 cm³/mol. The van der Waals surface area contributed by atoms with Crippen LogP contribution in [-0.2, 0) is 11.3 Å². The second-order valence-corrected chi connectivity index (χ2v) is 8.28. The van der Waals surface area contributed by atoms with Crippen LogP contribution in [0.4, 0.5) is 5.69 Å². The normalized spacial score (nSPS) is 19.0. The molecule has 1 aromatic rings.